The summed E-state index contributed by atoms with van der Waals surface area (Å²) >= 11 is 0. The highest BCUT2D eigenvalue weighted by Gasteiger charge is 2.27. The molecule has 2 N–H and O–H groups in total. The highest BCUT2D eigenvalue weighted by Crippen LogP contribution is 2.41. The number of anilines is 1. The van der Waals surface area contributed by atoms with Crippen molar-refractivity contribution < 1.29 is 36.3 Å². The molecule has 0 aliphatic carbocycles. The normalized spacial score (nSPS) is 12.2. The van der Waals surface area contributed by atoms with Gasteiger partial charge in [-0.3, -0.25) is 13.9 Å². The van der Waals surface area contributed by atoms with Crippen LogP contribution in [-0.4, -0.2) is 50.5 Å². The van der Waals surface area contributed by atoms with Gasteiger partial charge in [0, 0.05) is 43.1 Å². The van der Waals surface area contributed by atoms with Gasteiger partial charge in [-0.25, -0.2) is 22.2 Å². The van der Waals surface area contributed by atoms with E-state index in [9.17, 15) is 31.9 Å². The van der Waals surface area contributed by atoms with E-state index in [1.807, 2.05) is 0 Å². The zero-order valence-electron chi connectivity index (χ0n) is 24.8. The molecule has 9 nitrogen and oxygen atoms in total. The molecule has 5 aromatic rings. The molecular formula is C33H29F2N3O6S. The van der Waals surface area contributed by atoms with Gasteiger partial charge in [-0.05, 0) is 66.1 Å². The number of furan rings is 1. The fourth-order valence-corrected chi connectivity index (χ4v) is 5.53. The molecule has 0 spiro atoms. The van der Waals surface area contributed by atoms with Crippen molar-refractivity contribution in [2.75, 3.05) is 24.7 Å². The summed E-state index contributed by atoms with van der Waals surface area (Å²) < 4.78 is 59.5. The van der Waals surface area contributed by atoms with Gasteiger partial charge in [0.05, 0.1) is 23.2 Å². The van der Waals surface area contributed by atoms with Crippen molar-refractivity contribution in [1.29, 1.82) is 0 Å². The first-order chi connectivity index (χ1) is 21.3. The third-order valence-electron chi connectivity index (χ3n) is 7.55. The number of aromatic hydroxyl groups is 1. The molecule has 0 aliphatic rings. The summed E-state index contributed by atoms with van der Waals surface area (Å²) in [5, 5.41) is 13.5. The number of Topliss-reactive ketones (excluding diaryl/α,β-unsaturated/α-hetero) is 1. The summed E-state index contributed by atoms with van der Waals surface area (Å²) in [6.07, 6.45) is 0.966. The van der Waals surface area contributed by atoms with Crippen LogP contribution in [0.1, 0.15) is 45.7 Å². The van der Waals surface area contributed by atoms with Crippen LogP contribution in [0.4, 0.5) is 14.5 Å². The summed E-state index contributed by atoms with van der Waals surface area (Å²) in [4.78, 5) is 30.9. The lowest BCUT2D eigenvalue weighted by atomic mass is 9.94. The summed E-state index contributed by atoms with van der Waals surface area (Å²) in [6.45, 7) is 1.79. The predicted octanol–water partition coefficient (Wildman–Crippen LogP) is 6.28. The van der Waals surface area contributed by atoms with Gasteiger partial charge in [-0.2, -0.15) is 0 Å². The van der Waals surface area contributed by atoms with E-state index in [-0.39, 0.29) is 57.6 Å². The number of carbonyl (C=O) groups excluding carboxylic acids is 2. The van der Waals surface area contributed by atoms with E-state index in [0.29, 0.717) is 10.9 Å². The van der Waals surface area contributed by atoms with Crippen LogP contribution in [0.15, 0.2) is 77.2 Å². The van der Waals surface area contributed by atoms with Gasteiger partial charge in [0.2, 0.25) is 10.0 Å². The molecule has 0 bridgehead atoms. The minimum absolute atomic E-state index is 0.0473. The number of pyridine rings is 1. The minimum Gasteiger partial charge on any atom is -0.506 e. The van der Waals surface area contributed by atoms with E-state index in [1.54, 1.807) is 19.1 Å². The Balaban J connectivity index is 1.68. The van der Waals surface area contributed by atoms with Gasteiger partial charge in [0.1, 0.15) is 34.4 Å². The molecule has 2 heterocycles. The second-order valence-electron chi connectivity index (χ2n) is 10.6. The molecular weight excluding hydrogens is 604 g/mol. The van der Waals surface area contributed by atoms with Crippen LogP contribution in [0.3, 0.4) is 0 Å². The molecule has 12 heteroatoms. The summed E-state index contributed by atoms with van der Waals surface area (Å²) in [6, 6.07) is 16.8. The van der Waals surface area contributed by atoms with Crippen LogP contribution >= 0.6 is 0 Å². The number of aromatic nitrogens is 1. The molecule has 0 unspecified atom stereocenters. The number of hydrogen-bond donors (Lipinski definition) is 2. The van der Waals surface area contributed by atoms with Crippen molar-refractivity contribution in [3.8, 4) is 28.3 Å². The van der Waals surface area contributed by atoms with Crippen LogP contribution < -0.4 is 9.62 Å². The maximum Gasteiger partial charge on any atom is 0.255 e. The molecule has 1 amide bonds. The van der Waals surface area contributed by atoms with Crippen molar-refractivity contribution >= 4 is 38.4 Å². The van der Waals surface area contributed by atoms with Crippen molar-refractivity contribution in [2.24, 2.45) is 0 Å². The summed E-state index contributed by atoms with van der Waals surface area (Å²) in [7, 11) is -1.05. The standard InChI is InChI=1S/C33H29F2N3O6S/c1-18(19-5-9-21(34)10-6-19)15-28(40)31-27(39)14-13-25(37-31)23-16-24-29(17-26(23)38(3)45(4,42)43)44-32(30(24)33(41)36-2)20-7-11-22(35)12-8-20/h5-14,16-18,39H,15H2,1-4H3,(H,36,41)/t18-/m0/s1. The average Bonchev–Trinajstić information content (AvgIpc) is 3.38. The minimum atomic E-state index is -3.82. The molecule has 0 saturated carbocycles. The number of amides is 1. The highest BCUT2D eigenvalue weighted by atomic mass is 32.2. The lowest BCUT2D eigenvalue weighted by Crippen LogP contribution is -2.25. The van der Waals surface area contributed by atoms with Crippen LogP contribution in [0.2, 0.25) is 0 Å². The van der Waals surface area contributed by atoms with Crippen LogP contribution in [0.25, 0.3) is 33.6 Å². The third-order valence-corrected chi connectivity index (χ3v) is 8.74. The largest absolute Gasteiger partial charge is 0.506 e. The Morgan fingerprint density at radius 1 is 1.00 bits per heavy atom. The van der Waals surface area contributed by atoms with E-state index < -0.39 is 33.3 Å². The lowest BCUT2D eigenvalue weighted by molar-refractivity contribution is 0.0958. The molecule has 0 aliphatic heterocycles. The molecule has 0 fully saturated rings. The number of halogens is 2. The average molecular weight is 634 g/mol. The number of fused-ring (bicyclic) bond motifs is 1. The smallest absolute Gasteiger partial charge is 0.255 e. The van der Waals surface area contributed by atoms with Gasteiger partial charge < -0.3 is 14.8 Å². The number of sulfonamides is 1. The molecule has 0 radical (unpaired) electrons. The third kappa shape index (κ3) is 6.27. The number of hydrogen-bond acceptors (Lipinski definition) is 7. The molecule has 5 rings (SSSR count). The predicted molar refractivity (Wildman–Crippen MR) is 167 cm³/mol. The number of benzene rings is 3. The number of carbonyl (C=O) groups is 2. The van der Waals surface area contributed by atoms with Crippen LogP contribution in [0.5, 0.6) is 5.75 Å². The molecule has 3 aromatic carbocycles. The Morgan fingerprint density at radius 3 is 2.22 bits per heavy atom. The monoisotopic (exact) mass is 633 g/mol. The first-order valence-corrected chi connectivity index (χ1v) is 15.6. The van der Waals surface area contributed by atoms with E-state index in [2.05, 4.69) is 10.3 Å². The van der Waals surface area contributed by atoms with Crippen molar-refractivity contribution in [2.45, 2.75) is 19.3 Å². The van der Waals surface area contributed by atoms with E-state index in [4.69, 9.17) is 4.42 Å². The summed E-state index contributed by atoms with van der Waals surface area (Å²) in [5.41, 5.74) is 1.70. The topological polar surface area (TPSA) is 130 Å². The molecule has 1 atom stereocenters. The fraction of sp³-hybridized carbons (Fsp3) is 0.182. The number of nitrogens with one attached hydrogen (secondary N) is 1. The van der Waals surface area contributed by atoms with Gasteiger partial charge in [0.25, 0.3) is 5.91 Å². The van der Waals surface area contributed by atoms with E-state index >= 15 is 0 Å². The number of rotatable bonds is 9. The first-order valence-electron chi connectivity index (χ1n) is 13.8. The number of nitrogens with zero attached hydrogens (tertiary/aromatic N) is 2. The lowest BCUT2D eigenvalue weighted by Gasteiger charge is -2.20. The van der Waals surface area contributed by atoms with Crippen molar-refractivity contribution in [3.05, 3.63) is 101 Å². The maximum absolute atomic E-state index is 13.7. The Bertz CT molecular complexity index is 2040. The number of ketones is 1. The highest BCUT2D eigenvalue weighted by molar-refractivity contribution is 7.92. The Hall–Kier alpha value is -5.10. The molecule has 45 heavy (non-hydrogen) atoms. The van der Waals surface area contributed by atoms with Crippen molar-refractivity contribution in [1.82, 2.24) is 10.3 Å². The summed E-state index contributed by atoms with van der Waals surface area (Å²) in [5.74, 6) is -2.44. The zero-order valence-corrected chi connectivity index (χ0v) is 25.6. The molecule has 0 saturated heterocycles. The second kappa shape index (κ2) is 12.1. The fourth-order valence-electron chi connectivity index (χ4n) is 5.02. The van der Waals surface area contributed by atoms with E-state index in [0.717, 1.165) is 16.1 Å². The van der Waals surface area contributed by atoms with Crippen LogP contribution in [-0.2, 0) is 10.0 Å². The van der Waals surface area contributed by atoms with Crippen LogP contribution in [0, 0.1) is 11.6 Å². The Morgan fingerprint density at radius 2 is 1.62 bits per heavy atom. The van der Waals surface area contributed by atoms with Gasteiger partial charge in [0.15, 0.2) is 5.78 Å². The Kier molecular flexibility index (Phi) is 8.44. The molecule has 232 valence electrons. The zero-order chi connectivity index (χ0) is 32.6. The van der Waals surface area contributed by atoms with Gasteiger partial charge in [-0.15, -0.1) is 0 Å². The first kappa shape index (κ1) is 31.3. The van der Waals surface area contributed by atoms with Gasteiger partial charge in [-0.1, -0.05) is 19.1 Å². The Labute approximate surface area is 258 Å². The molecule has 2 aromatic heterocycles. The SMILES string of the molecule is CNC(=O)c1c(-c2ccc(F)cc2)oc2cc(N(C)S(C)(=O)=O)c(-c3ccc(O)c(C(=O)C[C@H](C)c4ccc(F)cc4)n3)cc12. The second-order valence-corrected chi connectivity index (χ2v) is 12.6. The quantitative estimate of drug-likeness (QED) is 0.183. The van der Waals surface area contributed by atoms with E-state index in [1.165, 1.54) is 74.8 Å². The van der Waals surface area contributed by atoms with Crippen molar-refractivity contribution in [3.63, 3.8) is 0 Å². The maximum atomic E-state index is 13.7. The van der Waals surface area contributed by atoms with Gasteiger partial charge >= 0.3 is 0 Å².